The third-order valence-corrected chi connectivity index (χ3v) is 3.80. The molecule has 116 valence electrons. The van der Waals surface area contributed by atoms with Crippen LogP contribution in [-0.4, -0.2) is 44.1 Å². The summed E-state index contributed by atoms with van der Waals surface area (Å²) in [5.41, 5.74) is 6.32. The van der Waals surface area contributed by atoms with Gasteiger partial charge < -0.3 is 20.5 Å². The lowest BCUT2D eigenvalue weighted by molar-refractivity contribution is -0.137. The first-order valence-electron chi connectivity index (χ1n) is 6.05. The number of halogens is 1. The van der Waals surface area contributed by atoms with Crippen LogP contribution in [0.25, 0.3) is 0 Å². The summed E-state index contributed by atoms with van der Waals surface area (Å²) in [4.78, 5) is 23.0. The molecule has 8 heteroatoms. The smallest absolute Gasteiger partial charge is 0.315 e. The molecule has 0 aliphatic carbocycles. The molecule has 0 unspecified atom stereocenters. The zero-order valence-electron chi connectivity index (χ0n) is 11.8. The Hall–Kier alpha value is -1.60. The predicted molar refractivity (Wildman–Crippen MR) is 84.1 cm³/mol. The summed E-state index contributed by atoms with van der Waals surface area (Å²) in [5, 5.41) is 3.01. The van der Waals surface area contributed by atoms with Crippen LogP contribution in [0, 0.1) is 0 Å². The molecule has 0 atom stereocenters. The number of rotatable bonds is 7. The van der Waals surface area contributed by atoms with Crippen molar-refractivity contribution in [2.75, 3.05) is 38.0 Å². The van der Waals surface area contributed by atoms with E-state index < -0.39 is 0 Å². The van der Waals surface area contributed by atoms with Crippen LogP contribution in [0.3, 0.4) is 0 Å². The van der Waals surface area contributed by atoms with Crippen LogP contribution in [0.1, 0.15) is 10.4 Å². The normalized spacial score (nSPS) is 10.0. The number of carbonyl (C=O) groups excluding carboxylic acids is 2. The highest BCUT2D eigenvalue weighted by atomic mass is 35.5. The molecule has 0 spiro atoms. The van der Waals surface area contributed by atoms with Crippen molar-refractivity contribution < 1.29 is 19.1 Å². The number of nitrogens with two attached hydrogens (primary N) is 1. The molecule has 1 rings (SSSR count). The minimum atomic E-state index is -0.313. The van der Waals surface area contributed by atoms with E-state index in [2.05, 4.69) is 10.1 Å². The monoisotopic (exact) mass is 332 g/mol. The second-order valence-electron chi connectivity index (χ2n) is 3.96. The summed E-state index contributed by atoms with van der Waals surface area (Å²) in [6.45, 7) is 0.408. The van der Waals surface area contributed by atoms with E-state index in [0.717, 1.165) is 0 Å². The van der Waals surface area contributed by atoms with Crippen molar-refractivity contribution in [2.45, 2.75) is 0 Å². The van der Waals surface area contributed by atoms with Crippen molar-refractivity contribution in [2.24, 2.45) is 0 Å². The lowest BCUT2D eigenvalue weighted by Gasteiger charge is -2.11. The average molecular weight is 333 g/mol. The van der Waals surface area contributed by atoms with E-state index in [4.69, 9.17) is 22.1 Å². The zero-order valence-corrected chi connectivity index (χ0v) is 13.3. The van der Waals surface area contributed by atoms with Crippen LogP contribution < -0.4 is 15.8 Å². The van der Waals surface area contributed by atoms with Gasteiger partial charge in [0.05, 0.1) is 36.2 Å². The van der Waals surface area contributed by atoms with Gasteiger partial charge in [-0.2, -0.15) is 0 Å². The molecule has 0 fully saturated rings. The molecule has 0 radical (unpaired) electrons. The lowest BCUT2D eigenvalue weighted by Crippen LogP contribution is -2.26. The molecule has 0 heterocycles. The number of nitrogens with one attached hydrogen (secondary N) is 1. The van der Waals surface area contributed by atoms with Gasteiger partial charge in [0.25, 0.3) is 5.91 Å². The SMILES string of the molecule is COC(=O)CSCCNC(=O)c1cc(Cl)c(N)cc1OC. The van der Waals surface area contributed by atoms with Gasteiger partial charge in [0, 0.05) is 18.4 Å². The van der Waals surface area contributed by atoms with Crippen molar-refractivity contribution in [3.8, 4) is 5.75 Å². The van der Waals surface area contributed by atoms with Gasteiger partial charge in [0.1, 0.15) is 5.75 Å². The molecule has 0 bridgehead atoms. The van der Waals surface area contributed by atoms with E-state index in [1.54, 1.807) is 0 Å². The highest BCUT2D eigenvalue weighted by Crippen LogP contribution is 2.28. The van der Waals surface area contributed by atoms with Gasteiger partial charge in [0.2, 0.25) is 0 Å². The Labute approximate surface area is 132 Å². The molecule has 21 heavy (non-hydrogen) atoms. The number of thioether (sulfide) groups is 1. The van der Waals surface area contributed by atoms with Crippen molar-refractivity contribution in [1.29, 1.82) is 0 Å². The Balaban J connectivity index is 2.52. The summed E-state index contributed by atoms with van der Waals surface area (Å²) in [6, 6.07) is 2.97. The van der Waals surface area contributed by atoms with Crippen molar-refractivity contribution in [3.63, 3.8) is 0 Å². The van der Waals surface area contributed by atoms with E-state index in [-0.39, 0.29) is 17.6 Å². The van der Waals surface area contributed by atoms with Gasteiger partial charge in [-0.1, -0.05) is 11.6 Å². The molecule has 0 saturated heterocycles. The first-order chi connectivity index (χ1) is 9.99. The number of methoxy groups -OCH3 is 2. The van der Waals surface area contributed by atoms with Gasteiger partial charge in [-0.25, -0.2) is 0 Å². The van der Waals surface area contributed by atoms with Crippen LogP contribution in [0.5, 0.6) is 5.75 Å². The second kappa shape index (κ2) is 8.63. The molecule has 0 aromatic heterocycles. The van der Waals surface area contributed by atoms with Crippen LogP contribution in [0.2, 0.25) is 5.02 Å². The number of nitrogen functional groups attached to an aromatic ring is 1. The molecule has 0 aliphatic heterocycles. The number of hydrogen-bond donors (Lipinski definition) is 2. The summed E-state index contributed by atoms with van der Waals surface area (Å²) < 4.78 is 9.62. The summed E-state index contributed by atoms with van der Waals surface area (Å²) in [5.74, 6) is 0.595. The number of benzene rings is 1. The Morgan fingerprint density at radius 1 is 1.38 bits per heavy atom. The first kappa shape index (κ1) is 17.5. The number of hydrogen-bond acceptors (Lipinski definition) is 6. The van der Waals surface area contributed by atoms with Crippen LogP contribution >= 0.6 is 23.4 Å². The Kier molecular flexibility index (Phi) is 7.18. The lowest BCUT2D eigenvalue weighted by atomic mass is 10.1. The van der Waals surface area contributed by atoms with E-state index in [0.29, 0.717) is 34.3 Å². The van der Waals surface area contributed by atoms with Crippen molar-refractivity contribution >= 4 is 40.9 Å². The van der Waals surface area contributed by atoms with E-state index in [1.165, 1.54) is 38.1 Å². The zero-order chi connectivity index (χ0) is 15.8. The van der Waals surface area contributed by atoms with Gasteiger partial charge in [-0.3, -0.25) is 9.59 Å². The average Bonchev–Trinajstić information content (AvgIpc) is 2.48. The molecule has 1 aromatic rings. The van der Waals surface area contributed by atoms with Crippen molar-refractivity contribution in [1.82, 2.24) is 5.32 Å². The minimum Gasteiger partial charge on any atom is -0.496 e. The maximum atomic E-state index is 12.0. The van der Waals surface area contributed by atoms with E-state index in [1.807, 2.05) is 0 Å². The van der Waals surface area contributed by atoms with Gasteiger partial charge in [-0.15, -0.1) is 11.8 Å². The number of anilines is 1. The van der Waals surface area contributed by atoms with Crippen LogP contribution in [0.4, 0.5) is 5.69 Å². The molecule has 1 amide bonds. The molecule has 1 aromatic carbocycles. The molecule has 0 saturated carbocycles. The summed E-state index contributed by atoms with van der Waals surface area (Å²) in [6.07, 6.45) is 0. The number of esters is 1. The van der Waals surface area contributed by atoms with E-state index >= 15 is 0 Å². The molecular formula is C13H17ClN2O4S. The van der Waals surface area contributed by atoms with Crippen LogP contribution in [-0.2, 0) is 9.53 Å². The minimum absolute atomic E-state index is 0.253. The maximum absolute atomic E-state index is 12.0. The molecule has 6 nitrogen and oxygen atoms in total. The quantitative estimate of drug-likeness (QED) is 0.447. The third kappa shape index (κ3) is 5.35. The van der Waals surface area contributed by atoms with Gasteiger partial charge in [-0.05, 0) is 6.07 Å². The topological polar surface area (TPSA) is 90.7 Å². The summed E-state index contributed by atoms with van der Waals surface area (Å²) >= 11 is 7.28. The highest BCUT2D eigenvalue weighted by molar-refractivity contribution is 7.99. The predicted octanol–water partition coefficient (Wildman–Crippen LogP) is 1.57. The van der Waals surface area contributed by atoms with Gasteiger partial charge >= 0.3 is 5.97 Å². The number of carbonyl (C=O) groups is 2. The van der Waals surface area contributed by atoms with E-state index in [9.17, 15) is 9.59 Å². The Bertz CT molecular complexity index is 525. The standard InChI is InChI=1S/C13H17ClN2O4S/c1-19-11-6-10(15)9(14)5-8(11)13(18)16-3-4-21-7-12(17)20-2/h5-6H,3-4,7,15H2,1-2H3,(H,16,18). The van der Waals surface area contributed by atoms with Gasteiger partial charge in [0.15, 0.2) is 0 Å². The van der Waals surface area contributed by atoms with Crippen LogP contribution in [0.15, 0.2) is 12.1 Å². The maximum Gasteiger partial charge on any atom is 0.315 e. The molecular weight excluding hydrogens is 316 g/mol. The Morgan fingerprint density at radius 2 is 2.10 bits per heavy atom. The fourth-order valence-electron chi connectivity index (χ4n) is 1.46. The molecule has 3 N–H and O–H groups in total. The largest absolute Gasteiger partial charge is 0.496 e. The fraction of sp³-hybridized carbons (Fsp3) is 0.385. The Morgan fingerprint density at radius 3 is 2.71 bits per heavy atom. The summed E-state index contributed by atoms with van der Waals surface area (Å²) in [7, 11) is 2.79. The first-order valence-corrected chi connectivity index (χ1v) is 7.58. The second-order valence-corrected chi connectivity index (χ2v) is 5.47. The van der Waals surface area contributed by atoms with Crippen molar-refractivity contribution in [3.05, 3.63) is 22.7 Å². The number of ether oxygens (including phenoxy) is 2. The fourth-order valence-corrected chi connectivity index (χ4v) is 2.30. The highest BCUT2D eigenvalue weighted by Gasteiger charge is 2.14. The third-order valence-electron chi connectivity index (χ3n) is 2.54. The molecule has 0 aliphatic rings. The number of amides is 1.